The largest absolute Gasteiger partial charge is 0.315 e. The lowest BCUT2D eigenvalue weighted by Crippen LogP contribution is -2.58. The molecule has 0 spiro atoms. The predicted molar refractivity (Wildman–Crippen MR) is 75.2 cm³/mol. The SMILES string of the molecule is CC(N)([CH]C1CCNCCN1)N1CCCNCC1. The molecule has 2 aliphatic rings. The number of nitrogens with zero attached hydrogens (tertiary/aromatic N) is 1. The van der Waals surface area contributed by atoms with Crippen LogP contribution in [0.15, 0.2) is 0 Å². The van der Waals surface area contributed by atoms with Crippen molar-refractivity contribution >= 4 is 0 Å². The van der Waals surface area contributed by atoms with Gasteiger partial charge in [0.1, 0.15) is 0 Å². The van der Waals surface area contributed by atoms with E-state index in [1.54, 1.807) is 0 Å². The molecular formula is C13H28N5. The summed E-state index contributed by atoms with van der Waals surface area (Å²) in [6.45, 7) is 9.57. The highest BCUT2D eigenvalue weighted by atomic mass is 15.3. The number of nitrogens with two attached hydrogens (primary N) is 1. The molecule has 0 amide bonds. The lowest BCUT2D eigenvalue weighted by molar-refractivity contribution is 0.138. The van der Waals surface area contributed by atoms with Gasteiger partial charge in [-0.3, -0.25) is 4.90 Å². The third-order valence-corrected chi connectivity index (χ3v) is 3.90. The zero-order valence-electron chi connectivity index (χ0n) is 11.5. The molecule has 0 aromatic rings. The van der Waals surface area contributed by atoms with Crippen LogP contribution in [0, 0.1) is 6.42 Å². The first kappa shape index (κ1) is 14.2. The summed E-state index contributed by atoms with van der Waals surface area (Å²) in [5, 5.41) is 10.4. The van der Waals surface area contributed by atoms with Crippen molar-refractivity contribution in [2.45, 2.75) is 31.5 Å². The van der Waals surface area contributed by atoms with E-state index in [4.69, 9.17) is 5.73 Å². The Balaban J connectivity index is 1.87. The first-order valence-electron chi connectivity index (χ1n) is 7.23. The molecule has 2 rings (SSSR count). The monoisotopic (exact) mass is 254 g/mol. The molecule has 0 saturated carbocycles. The van der Waals surface area contributed by atoms with Gasteiger partial charge in [0, 0.05) is 45.2 Å². The van der Waals surface area contributed by atoms with E-state index in [9.17, 15) is 0 Å². The van der Waals surface area contributed by atoms with Gasteiger partial charge in [0.05, 0.1) is 5.66 Å². The minimum absolute atomic E-state index is 0.311. The van der Waals surface area contributed by atoms with Crippen molar-refractivity contribution in [3.05, 3.63) is 6.42 Å². The molecular weight excluding hydrogens is 226 g/mol. The van der Waals surface area contributed by atoms with Gasteiger partial charge in [-0.25, -0.2) is 0 Å². The number of hydrogen-bond donors (Lipinski definition) is 4. The lowest BCUT2D eigenvalue weighted by Gasteiger charge is -2.39. The van der Waals surface area contributed by atoms with E-state index in [1.165, 1.54) is 6.42 Å². The van der Waals surface area contributed by atoms with Crippen LogP contribution in [-0.2, 0) is 0 Å². The smallest absolute Gasteiger partial charge is 0.0707 e. The van der Waals surface area contributed by atoms with E-state index in [0.717, 1.165) is 52.2 Å². The highest BCUT2D eigenvalue weighted by Gasteiger charge is 2.31. The van der Waals surface area contributed by atoms with Gasteiger partial charge in [-0.1, -0.05) is 0 Å². The van der Waals surface area contributed by atoms with E-state index in [-0.39, 0.29) is 5.66 Å². The summed E-state index contributed by atoms with van der Waals surface area (Å²) in [7, 11) is 0. The van der Waals surface area contributed by atoms with Crippen LogP contribution in [0.5, 0.6) is 0 Å². The fourth-order valence-electron chi connectivity index (χ4n) is 2.81. The Hall–Kier alpha value is -0.200. The Labute approximate surface area is 111 Å². The molecule has 5 N–H and O–H groups in total. The highest BCUT2D eigenvalue weighted by molar-refractivity contribution is 5.02. The Kier molecular flexibility index (Phi) is 5.38. The van der Waals surface area contributed by atoms with E-state index < -0.39 is 0 Å². The Morgan fingerprint density at radius 2 is 1.94 bits per heavy atom. The number of hydrogen-bond acceptors (Lipinski definition) is 5. The summed E-state index contributed by atoms with van der Waals surface area (Å²) in [5.74, 6) is 0. The fraction of sp³-hybridized carbons (Fsp3) is 0.923. The molecule has 2 unspecified atom stereocenters. The third-order valence-electron chi connectivity index (χ3n) is 3.90. The van der Waals surface area contributed by atoms with Gasteiger partial charge in [-0.15, -0.1) is 0 Å². The van der Waals surface area contributed by atoms with Crippen LogP contribution in [0.4, 0.5) is 0 Å². The van der Waals surface area contributed by atoms with Crippen molar-refractivity contribution < 1.29 is 0 Å². The van der Waals surface area contributed by atoms with Gasteiger partial charge in [-0.05, 0) is 32.9 Å². The molecule has 2 saturated heterocycles. The average molecular weight is 254 g/mol. The first-order valence-corrected chi connectivity index (χ1v) is 7.23. The zero-order valence-corrected chi connectivity index (χ0v) is 11.5. The van der Waals surface area contributed by atoms with Crippen LogP contribution in [-0.4, -0.2) is 62.4 Å². The maximum Gasteiger partial charge on any atom is 0.0707 e. The van der Waals surface area contributed by atoms with Gasteiger partial charge in [0.15, 0.2) is 0 Å². The maximum atomic E-state index is 6.52. The molecule has 2 heterocycles. The lowest BCUT2D eigenvalue weighted by atomic mass is 9.98. The Morgan fingerprint density at radius 1 is 1.11 bits per heavy atom. The van der Waals surface area contributed by atoms with E-state index in [0.29, 0.717) is 6.04 Å². The molecule has 2 atom stereocenters. The van der Waals surface area contributed by atoms with Crippen molar-refractivity contribution in [3.8, 4) is 0 Å². The van der Waals surface area contributed by atoms with Crippen LogP contribution in [0.2, 0.25) is 0 Å². The minimum Gasteiger partial charge on any atom is -0.315 e. The van der Waals surface area contributed by atoms with E-state index in [1.807, 2.05) is 0 Å². The molecule has 0 aromatic heterocycles. The maximum absolute atomic E-state index is 6.52. The van der Waals surface area contributed by atoms with Crippen LogP contribution in [0.25, 0.3) is 0 Å². The predicted octanol–water partition coefficient (Wildman–Crippen LogP) is -0.888. The third kappa shape index (κ3) is 4.17. The average Bonchev–Trinajstić information content (AvgIpc) is 2.72. The summed E-state index contributed by atoms with van der Waals surface area (Å²) in [4.78, 5) is 2.40. The molecule has 2 aliphatic heterocycles. The summed E-state index contributed by atoms with van der Waals surface area (Å²) < 4.78 is 0. The van der Waals surface area contributed by atoms with Gasteiger partial charge in [0.25, 0.3) is 0 Å². The van der Waals surface area contributed by atoms with Gasteiger partial charge in [0.2, 0.25) is 0 Å². The van der Waals surface area contributed by atoms with Gasteiger partial charge < -0.3 is 21.7 Å². The van der Waals surface area contributed by atoms with Gasteiger partial charge >= 0.3 is 0 Å². The van der Waals surface area contributed by atoms with Crippen molar-refractivity contribution in [1.29, 1.82) is 0 Å². The second-order valence-corrected chi connectivity index (χ2v) is 5.58. The Bertz CT molecular complexity index is 228. The van der Waals surface area contributed by atoms with Crippen LogP contribution in [0.1, 0.15) is 19.8 Å². The van der Waals surface area contributed by atoms with Crippen LogP contribution in [0.3, 0.4) is 0 Å². The molecule has 105 valence electrons. The van der Waals surface area contributed by atoms with Crippen molar-refractivity contribution in [1.82, 2.24) is 20.9 Å². The van der Waals surface area contributed by atoms with Crippen molar-refractivity contribution in [2.24, 2.45) is 5.73 Å². The second-order valence-electron chi connectivity index (χ2n) is 5.58. The molecule has 0 aromatic carbocycles. The van der Waals surface area contributed by atoms with Crippen LogP contribution < -0.4 is 21.7 Å². The molecule has 1 radical (unpaired) electrons. The zero-order chi connectivity index (χ0) is 12.8. The molecule has 0 aliphatic carbocycles. The topological polar surface area (TPSA) is 65.3 Å². The number of rotatable bonds is 3. The molecule has 5 nitrogen and oxygen atoms in total. The first-order chi connectivity index (χ1) is 8.68. The minimum atomic E-state index is -0.311. The molecule has 0 bridgehead atoms. The number of nitrogens with one attached hydrogen (secondary N) is 3. The van der Waals surface area contributed by atoms with Gasteiger partial charge in [-0.2, -0.15) is 0 Å². The normalized spacial score (nSPS) is 31.3. The standard InChI is InChI=1S/C13H28N5/c1-13(14,18-9-2-4-15-8-10-18)11-12-3-5-16-6-7-17-12/h11-12,15-17H,2-10,14H2,1H3. The van der Waals surface area contributed by atoms with E-state index in [2.05, 4.69) is 34.2 Å². The summed E-state index contributed by atoms with van der Waals surface area (Å²) in [6.07, 6.45) is 4.60. The molecule has 18 heavy (non-hydrogen) atoms. The van der Waals surface area contributed by atoms with E-state index >= 15 is 0 Å². The van der Waals surface area contributed by atoms with Crippen molar-refractivity contribution in [3.63, 3.8) is 0 Å². The fourth-order valence-corrected chi connectivity index (χ4v) is 2.81. The summed E-state index contributed by atoms with van der Waals surface area (Å²) in [5.41, 5.74) is 6.21. The highest BCUT2D eigenvalue weighted by Crippen LogP contribution is 2.17. The molecule has 2 fully saturated rings. The summed E-state index contributed by atoms with van der Waals surface area (Å²) in [6, 6.07) is 0.422. The second kappa shape index (κ2) is 6.82. The summed E-state index contributed by atoms with van der Waals surface area (Å²) >= 11 is 0. The Morgan fingerprint density at radius 3 is 2.83 bits per heavy atom. The molecule has 5 heteroatoms. The quantitative estimate of drug-likeness (QED) is 0.526. The van der Waals surface area contributed by atoms with Crippen molar-refractivity contribution in [2.75, 3.05) is 45.8 Å². The van der Waals surface area contributed by atoms with Crippen LogP contribution >= 0.6 is 0 Å².